The van der Waals surface area contributed by atoms with Gasteiger partial charge in [0.1, 0.15) is 12.2 Å². The smallest absolute Gasteiger partial charge is 0.327 e. The van der Waals surface area contributed by atoms with E-state index in [-0.39, 0.29) is 12.5 Å². The van der Waals surface area contributed by atoms with Gasteiger partial charge in [0.25, 0.3) is 0 Å². The van der Waals surface area contributed by atoms with Crippen molar-refractivity contribution in [2.45, 2.75) is 25.9 Å². The molecule has 1 saturated heterocycles. The van der Waals surface area contributed by atoms with Gasteiger partial charge >= 0.3 is 5.97 Å². The van der Waals surface area contributed by atoms with Gasteiger partial charge in [-0.3, -0.25) is 9.80 Å². The maximum Gasteiger partial charge on any atom is 0.327 e. The summed E-state index contributed by atoms with van der Waals surface area (Å²) in [5.41, 5.74) is 3.90. The molecule has 0 spiro atoms. The molecule has 1 aromatic carbocycles. The van der Waals surface area contributed by atoms with E-state index in [1.54, 1.807) is 11.9 Å². The van der Waals surface area contributed by atoms with Gasteiger partial charge < -0.3 is 10.1 Å². The molecule has 1 aromatic rings. The molecular formula is C14H19N3O2S. The van der Waals surface area contributed by atoms with Crippen LogP contribution in [0.15, 0.2) is 30.3 Å². The zero-order valence-electron chi connectivity index (χ0n) is 11.7. The molecule has 1 aliphatic rings. The standard InChI is InChI=1S/C14H19N3O2S/c1-3-14(11-8-6-5-7-9-11)15-13(20)17(16-14)10-12(18)19-4-2/h5-9,16H,3-4,10H2,1-2H3,(H,15,20). The molecule has 1 fully saturated rings. The quantitative estimate of drug-likeness (QED) is 0.634. The summed E-state index contributed by atoms with van der Waals surface area (Å²) in [7, 11) is 0. The molecule has 0 radical (unpaired) electrons. The number of esters is 1. The number of thiocarbonyl (C=S) groups is 1. The summed E-state index contributed by atoms with van der Waals surface area (Å²) >= 11 is 5.30. The molecule has 1 unspecified atom stereocenters. The van der Waals surface area contributed by atoms with E-state index in [1.165, 1.54) is 0 Å². The lowest BCUT2D eigenvalue weighted by Gasteiger charge is -2.29. The number of hydrogen-bond acceptors (Lipinski definition) is 4. The van der Waals surface area contributed by atoms with Crippen molar-refractivity contribution in [1.82, 2.24) is 15.8 Å². The maximum atomic E-state index is 11.6. The van der Waals surface area contributed by atoms with E-state index in [0.717, 1.165) is 12.0 Å². The zero-order chi connectivity index (χ0) is 14.6. The van der Waals surface area contributed by atoms with E-state index in [2.05, 4.69) is 17.7 Å². The molecule has 2 rings (SSSR count). The first kappa shape index (κ1) is 14.7. The molecule has 5 nitrogen and oxygen atoms in total. The summed E-state index contributed by atoms with van der Waals surface area (Å²) in [5.74, 6) is -0.302. The average Bonchev–Trinajstić information content (AvgIpc) is 2.78. The number of hydrogen-bond donors (Lipinski definition) is 2. The van der Waals surface area contributed by atoms with Gasteiger partial charge in [0.2, 0.25) is 0 Å². The number of hydrazine groups is 1. The predicted molar refractivity (Wildman–Crippen MR) is 80.6 cm³/mol. The number of rotatable bonds is 5. The van der Waals surface area contributed by atoms with Crippen molar-refractivity contribution in [3.63, 3.8) is 0 Å². The van der Waals surface area contributed by atoms with Crippen molar-refractivity contribution in [2.24, 2.45) is 0 Å². The van der Waals surface area contributed by atoms with Crippen molar-refractivity contribution in [3.05, 3.63) is 35.9 Å². The Morgan fingerprint density at radius 1 is 1.35 bits per heavy atom. The molecule has 1 heterocycles. The third kappa shape index (κ3) is 2.91. The lowest BCUT2D eigenvalue weighted by atomic mass is 9.98. The first-order valence-corrected chi connectivity index (χ1v) is 7.10. The second kappa shape index (κ2) is 6.19. The summed E-state index contributed by atoms with van der Waals surface area (Å²) in [4.78, 5) is 11.6. The molecular weight excluding hydrogens is 274 g/mol. The molecule has 0 aliphatic carbocycles. The third-order valence-corrected chi connectivity index (χ3v) is 3.60. The predicted octanol–water partition coefficient (Wildman–Crippen LogP) is 1.51. The summed E-state index contributed by atoms with van der Waals surface area (Å²) in [6.07, 6.45) is 0.788. The van der Waals surface area contributed by atoms with Gasteiger partial charge in [-0.25, -0.2) is 5.43 Å². The summed E-state index contributed by atoms with van der Waals surface area (Å²) < 4.78 is 4.95. The second-order valence-electron chi connectivity index (χ2n) is 4.56. The molecule has 0 saturated carbocycles. The van der Waals surface area contributed by atoms with Crippen LogP contribution in [-0.2, 0) is 15.2 Å². The average molecular weight is 293 g/mol. The Bertz CT molecular complexity index is 494. The zero-order valence-corrected chi connectivity index (χ0v) is 12.5. The summed E-state index contributed by atoms with van der Waals surface area (Å²) in [5, 5.41) is 5.40. The Kier molecular flexibility index (Phi) is 4.57. The fourth-order valence-electron chi connectivity index (χ4n) is 2.24. The fourth-order valence-corrected chi connectivity index (χ4v) is 2.52. The van der Waals surface area contributed by atoms with Crippen LogP contribution in [0.4, 0.5) is 0 Å². The number of ether oxygens (including phenoxy) is 1. The normalized spacial score (nSPS) is 21.7. The number of benzene rings is 1. The Morgan fingerprint density at radius 3 is 2.65 bits per heavy atom. The molecule has 1 aliphatic heterocycles. The number of nitrogens with zero attached hydrogens (tertiary/aromatic N) is 1. The fraction of sp³-hybridized carbons (Fsp3) is 0.429. The molecule has 2 N–H and O–H groups in total. The van der Waals surface area contributed by atoms with E-state index in [0.29, 0.717) is 11.7 Å². The highest BCUT2D eigenvalue weighted by Gasteiger charge is 2.40. The van der Waals surface area contributed by atoms with Crippen LogP contribution in [0.25, 0.3) is 0 Å². The van der Waals surface area contributed by atoms with Gasteiger partial charge in [-0.15, -0.1) is 0 Å². The van der Waals surface area contributed by atoms with E-state index in [9.17, 15) is 4.79 Å². The van der Waals surface area contributed by atoms with Crippen LogP contribution in [0.5, 0.6) is 0 Å². The monoisotopic (exact) mass is 293 g/mol. The van der Waals surface area contributed by atoms with Crippen molar-refractivity contribution < 1.29 is 9.53 Å². The Hall–Kier alpha value is -1.66. The highest BCUT2D eigenvalue weighted by Crippen LogP contribution is 2.26. The molecule has 0 aromatic heterocycles. The van der Waals surface area contributed by atoms with Gasteiger partial charge in [0, 0.05) is 0 Å². The first-order valence-electron chi connectivity index (χ1n) is 6.70. The molecule has 0 bridgehead atoms. The SMILES string of the molecule is CCOC(=O)CN1NC(CC)(c2ccccc2)NC1=S. The second-order valence-corrected chi connectivity index (χ2v) is 4.94. The van der Waals surface area contributed by atoms with Gasteiger partial charge in [0.15, 0.2) is 5.11 Å². The molecule has 1 atom stereocenters. The molecule has 108 valence electrons. The number of carbonyl (C=O) groups is 1. The lowest BCUT2D eigenvalue weighted by Crippen LogP contribution is -2.48. The van der Waals surface area contributed by atoms with E-state index in [4.69, 9.17) is 17.0 Å². The van der Waals surface area contributed by atoms with Crippen molar-refractivity contribution in [2.75, 3.05) is 13.2 Å². The van der Waals surface area contributed by atoms with Crippen LogP contribution in [0.2, 0.25) is 0 Å². The molecule has 0 amide bonds. The minimum atomic E-state index is -0.467. The minimum absolute atomic E-state index is 0.0915. The highest BCUT2D eigenvalue weighted by atomic mass is 32.1. The number of carbonyl (C=O) groups excluding carboxylic acids is 1. The van der Waals surface area contributed by atoms with E-state index < -0.39 is 5.66 Å². The minimum Gasteiger partial charge on any atom is -0.465 e. The largest absolute Gasteiger partial charge is 0.465 e. The van der Waals surface area contributed by atoms with Crippen LogP contribution in [0, 0.1) is 0 Å². The van der Waals surface area contributed by atoms with Gasteiger partial charge in [-0.2, -0.15) is 0 Å². The van der Waals surface area contributed by atoms with E-state index in [1.807, 2.05) is 30.3 Å². The van der Waals surface area contributed by atoms with Crippen molar-refractivity contribution >= 4 is 23.3 Å². The topological polar surface area (TPSA) is 53.6 Å². The summed E-state index contributed by atoms with van der Waals surface area (Å²) in [6.45, 7) is 4.30. The first-order chi connectivity index (χ1) is 9.61. The third-order valence-electron chi connectivity index (χ3n) is 3.28. The molecule has 6 heteroatoms. The van der Waals surface area contributed by atoms with Crippen LogP contribution in [0.1, 0.15) is 25.8 Å². The Balaban J connectivity index is 2.15. The van der Waals surface area contributed by atoms with Crippen molar-refractivity contribution in [3.8, 4) is 0 Å². The van der Waals surface area contributed by atoms with Crippen LogP contribution < -0.4 is 10.7 Å². The van der Waals surface area contributed by atoms with E-state index >= 15 is 0 Å². The van der Waals surface area contributed by atoms with Gasteiger partial charge in [0.05, 0.1) is 6.61 Å². The molecule has 20 heavy (non-hydrogen) atoms. The van der Waals surface area contributed by atoms with Crippen molar-refractivity contribution in [1.29, 1.82) is 0 Å². The number of nitrogens with one attached hydrogen (secondary N) is 2. The Labute approximate surface area is 124 Å². The highest BCUT2D eigenvalue weighted by molar-refractivity contribution is 7.80. The van der Waals surface area contributed by atoms with Crippen LogP contribution in [0.3, 0.4) is 0 Å². The van der Waals surface area contributed by atoms with Crippen LogP contribution in [-0.4, -0.2) is 29.2 Å². The van der Waals surface area contributed by atoms with Gasteiger partial charge in [-0.1, -0.05) is 37.3 Å². The van der Waals surface area contributed by atoms with Gasteiger partial charge in [-0.05, 0) is 31.1 Å². The lowest BCUT2D eigenvalue weighted by molar-refractivity contribution is -0.144. The maximum absolute atomic E-state index is 11.6. The Morgan fingerprint density at radius 2 is 2.05 bits per heavy atom. The summed E-state index contributed by atoms with van der Waals surface area (Å²) in [6, 6.07) is 9.98. The van der Waals surface area contributed by atoms with Crippen LogP contribution >= 0.6 is 12.2 Å².